The van der Waals surface area contributed by atoms with E-state index in [1.807, 2.05) is 0 Å². The highest BCUT2D eigenvalue weighted by Gasteiger charge is 2.22. The monoisotopic (exact) mass is 229 g/mol. The van der Waals surface area contributed by atoms with Crippen molar-refractivity contribution >= 4 is 0 Å². The van der Waals surface area contributed by atoms with Crippen molar-refractivity contribution in [2.45, 2.75) is 18.8 Å². The molecule has 0 saturated heterocycles. The lowest BCUT2D eigenvalue weighted by Crippen LogP contribution is -2.17. The Bertz CT molecular complexity index is 392. The van der Waals surface area contributed by atoms with Crippen LogP contribution in [0.15, 0.2) is 24.3 Å². The highest BCUT2D eigenvalue weighted by Crippen LogP contribution is 2.28. The number of halogens is 2. The molecule has 1 aromatic carbocycles. The van der Waals surface area contributed by atoms with Gasteiger partial charge in [-0.2, -0.15) is 14.0 Å². The van der Waals surface area contributed by atoms with Crippen molar-refractivity contribution in [3.63, 3.8) is 0 Å². The highest BCUT2D eigenvalue weighted by atomic mass is 19.3. The maximum Gasteiger partial charge on any atom is 0.387 e. The molecule has 0 bridgehead atoms. The molecule has 6 heteroatoms. The minimum absolute atomic E-state index is 0.0585. The summed E-state index contributed by atoms with van der Waals surface area (Å²) >= 11 is 0. The Kier molecular flexibility index (Phi) is 4.17. The van der Waals surface area contributed by atoms with Crippen LogP contribution >= 0.6 is 0 Å². The number of benzene rings is 1. The summed E-state index contributed by atoms with van der Waals surface area (Å²) in [6.07, 6.45) is -3.28. The molecule has 2 unspecified atom stereocenters. The van der Waals surface area contributed by atoms with Gasteiger partial charge in [-0.1, -0.05) is 18.2 Å². The second-order valence-corrected chi connectivity index (χ2v) is 2.94. The van der Waals surface area contributed by atoms with Gasteiger partial charge in [0.15, 0.2) is 6.10 Å². The second kappa shape index (κ2) is 5.39. The van der Waals surface area contributed by atoms with Crippen LogP contribution in [0.3, 0.4) is 0 Å². The molecule has 0 fully saturated rings. The molecule has 16 heavy (non-hydrogen) atoms. The summed E-state index contributed by atoms with van der Waals surface area (Å²) in [4.78, 5) is 0. The van der Waals surface area contributed by atoms with E-state index in [1.165, 1.54) is 30.3 Å². The Morgan fingerprint density at radius 2 is 1.88 bits per heavy atom. The maximum absolute atomic E-state index is 12.0. The number of alkyl halides is 2. The molecule has 0 spiro atoms. The summed E-state index contributed by atoms with van der Waals surface area (Å²) in [5.41, 5.74) is -0.0585. The van der Waals surface area contributed by atoms with Gasteiger partial charge in [0.1, 0.15) is 11.9 Å². The average molecular weight is 229 g/mol. The topological polar surface area (TPSA) is 73.5 Å². The van der Waals surface area contributed by atoms with Crippen LogP contribution < -0.4 is 4.74 Å². The van der Waals surface area contributed by atoms with E-state index < -0.39 is 18.8 Å². The van der Waals surface area contributed by atoms with Crippen LogP contribution in [-0.4, -0.2) is 22.9 Å². The molecule has 0 radical (unpaired) electrons. The Hall–Kier alpha value is -1.71. The Balaban J connectivity index is 2.99. The SMILES string of the molecule is N#CC(O)C(O)c1ccccc1OC(F)F. The first-order chi connectivity index (χ1) is 7.56. The lowest BCUT2D eigenvalue weighted by molar-refractivity contribution is -0.0528. The second-order valence-electron chi connectivity index (χ2n) is 2.94. The standard InChI is InChI=1S/C10H9F2NO3/c11-10(12)16-8-4-2-1-3-6(8)9(15)7(14)5-13/h1-4,7,9-10,14-15H. The number of rotatable bonds is 4. The first-order valence-corrected chi connectivity index (χ1v) is 4.35. The number of nitrogens with zero attached hydrogens (tertiary/aromatic N) is 1. The predicted molar refractivity (Wildman–Crippen MR) is 49.7 cm³/mol. The lowest BCUT2D eigenvalue weighted by atomic mass is 10.0. The molecule has 0 aliphatic heterocycles. The summed E-state index contributed by atoms with van der Waals surface area (Å²) in [5, 5.41) is 27.0. The first-order valence-electron chi connectivity index (χ1n) is 4.35. The van der Waals surface area contributed by atoms with E-state index in [4.69, 9.17) is 10.4 Å². The lowest BCUT2D eigenvalue weighted by Gasteiger charge is -2.16. The van der Waals surface area contributed by atoms with Crippen LogP contribution in [0, 0.1) is 11.3 Å². The number of nitriles is 1. The van der Waals surface area contributed by atoms with Gasteiger partial charge in [0.2, 0.25) is 0 Å². The van der Waals surface area contributed by atoms with Gasteiger partial charge in [-0.05, 0) is 6.07 Å². The molecule has 0 aromatic heterocycles. The zero-order valence-corrected chi connectivity index (χ0v) is 8.05. The summed E-state index contributed by atoms with van der Waals surface area (Å²) in [7, 11) is 0. The van der Waals surface area contributed by atoms with Crippen molar-refractivity contribution in [1.82, 2.24) is 0 Å². The first kappa shape index (κ1) is 12.4. The van der Waals surface area contributed by atoms with E-state index in [9.17, 15) is 13.9 Å². The zero-order chi connectivity index (χ0) is 12.1. The zero-order valence-electron chi connectivity index (χ0n) is 8.05. The maximum atomic E-state index is 12.0. The number of aliphatic hydroxyl groups excluding tert-OH is 2. The third kappa shape index (κ3) is 2.89. The molecule has 4 nitrogen and oxygen atoms in total. The molecular formula is C10H9F2NO3. The third-order valence-electron chi connectivity index (χ3n) is 1.89. The third-order valence-corrected chi connectivity index (χ3v) is 1.89. The van der Waals surface area contributed by atoms with E-state index in [-0.39, 0.29) is 11.3 Å². The van der Waals surface area contributed by atoms with Gasteiger partial charge in [-0.25, -0.2) is 0 Å². The van der Waals surface area contributed by atoms with E-state index in [0.717, 1.165) is 0 Å². The summed E-state index contributed by atoms with van der Waals surface area (Å²) in [5.74, 6) is -0.265. The normalized spacial score (nSPS) is 14.2. The molecule has 0 heterocycles. The number of para-hydroxylation sites is 1. The van der Waals surface area contributed by atoms with Gasteiger partial charge in [0.05, 0.1) is 6.07 Å². The molecule has 1 rings (SSSR count). The van der Waals surface area contributed by atoms with Gasteiger partial charge in [-0.3, -0.25) is 0 Å². The van der Waals surface area contributed by atoms with Crippen molar-refractivity contribution in [1.29, 1.82) is 5.26 Å². The summed E-state index contributed by atoms with van der Waals surface area (Å²) in [6.45, 7) is -3.03. The number of aliphatic hydroxyl groups is 2. The predicted octanol–water partition coefficient (Wildman–Crippen LogP) is 1.21. The molecule has 0 aliphatic carbocycles. The van der Waals surface area contributed by atoms with Crippen molar-refractivity contribution in [2.75, 3.05) is 0 Å². The molecule has 0 aliphatic rings. The van der Waals surface area contributed by atoms with E-state index in [2.05, 4.69) is 4.74 Å². The smallest absolute Gasteiger partial charge is 0.387 e. The van der Waals surface area contributed by atoms with Gasteiger partial charge < -0.3 is 14.9 Å². The van der Waals surface area contributed by atoms with Crippen molar-refractivity contribution < 1.29 is 23.7 Å². The molecule has 2 atom stereocenters. The Labute approximate surface area is 90.3 Å². The highest BCUT2D eigenvalue weighted by molar-refractivity contribution is 5.36. The Morgan fingerprint density at radius 1 is 1.25 bits per heavy atom. The van der Waals surface area contributed by atoms with Crippen LogP contribution in [0.25, 0.3) is 0 Å². The van der Waals surface area contributed by atoms with E-state index in [0.29, 0.717) is 0 Å². The molecular weight excluding hydrogens is 220 g/mol. The fourth-order valence-electron chi connectivity index (χ4n) is 1.17. The molecule has 2 N–H and O–H groups in total. The van der Waals surface area contributed by atoms with Crippen molar-refractivity contribution in [3.05, 3.63) is 29.8 Å². The number of hydrogen-bond donors (Lipinski definition) is 2. The van der Waals surface area contributed by atoms with Gasteiger partial charge >= 0.3 is 6.61 Å². The fourth-order valence-corrected chi connectivity index (χ4v) is 1.17. The molecule has 0 saturated carbocycles. The van der Waals surface area contributed by atoms with E-state index in [1.54, 1.807) is 0 Å². The summed E-state index contributed by atoms with van der Waals surface area (Å²) < 4.78 is 28.2. The number of hydrogen-bond acceptors (Lipinski definition) is 4. The van der Waals surface area contributed by atoms with Crippen molar-refractivity contribution in [3.8, 4) is 11.8 Å². The largest absolute Gasteiger partial charge is 0.434 e. The van der Waals surface area contributed by atoms with Crippen LogP contribution in [-0.2, 0) is 0 Å². The van der Waals surface area contributed by atoms with Crippen LogP contribution in [0.5, 0.6) is 5.75 Å². The fraction of sp³-hybridized carbons (Fsp3) is 0.300. The van der Waals surface area contributed by atoms with Crippen LogP contribution in [0.1, 0.15) is 11.7 Å². The quantitative estimate of drug-likeness (QED) is 0.761. The minimum atomic E-state index is -3.03. The Morgan fingerprint density at radius 3 is 2.44 bits per heavy atom. The summed E-state index contributed by atoms with van der Waals surface area (Å²) in [6, 6.07) is 6.83. The van der Waals surface area contributed by atoms with Gasteiger partial charge in [-0.15, -0.1) is 0 Å². The average Bonchev–Trinajstić information content (AvgIpc) is 2.27. The van der Waals surface area contributed by atoms with Gasteiger partial charge in [0.25, 0.3) is 0 Å². The molecule has 86 valence electrons. The molecule has 0 amide bonds. The number of ether oxygens (including phenoxy) is 1. The van der Waals surface area contributed by atoms with Gasteiger partial charge in [0, 0.05) is 5.56 Å². The van der Waals surface area contributed by atoms with Crippen molar-refractivity contribution in [2.24, 2.45) is 0 Å². The minimum Gasteiger partial charge on any atom is -0.434 e. The molecule has 1 aromatic rings. The van der Waals surface area contributed by atoms with Crippen LogP contribution in [0.2, 0.25) is 0 Å². The van der Waals surface area contributed by atoms with E-state index >= 15 is 0 Å². The van der Waals surface area contributed by atoms with Crippen LogP contribution in [0.4, 0.5) is 8.78 Å².